The van der Waals surface area contributed by atoms with Crippen LogP contribution in [0.4, 0.5) is 0 Å². The van der Waals surface area contributed by atoms with Crippen LogP contribution in [0.25, 0.3) is 15.9 Å². The number of amides is 1. The van der Waals surface area contributed by atoms with Crippen LogP contribution in [0, 0.1) is 5.92 Å². The van der Waals surface area contributed by atoms with Crippen molar-refractivity contribution in [3.05, 3.63) is 71.2 Å². The summed E-state index contributed by atoms with van der Waals surface area (Å²) < 4.78 is 6.81. The van der Waals surface area contributed by atoms with Gasteiger partial charge in [-0.15, -0.1) is 11.3 Å². The number of carboxylic acid groups (broad SMARTS) is 1. The van der Waals surface area contributed by atoms with E-state index in [0.29, 0.717) is 47.8 Å². The number of carbonyl (C=O) groups is 3. The van der Waals surface area contributed by atoms with E-state index in [2.05, 4.69) is 22.0 Å². The number of hydrogen-bond acceptors (Lipinski definition) is 9. The van der Waals surface area contributed by atoms with E-state index in [4.69, 9.17) is 15.7 Å². The van der Waals surface area contributed by atoms with Crippen molar-refractivity contribution in [1.82, 2.24) is 15.2 Å². The number of fused-ring (bicyclic) bond motifs is 1. The van der Waals surface area contributed by atoms with Gasteiger partial charge in [0.15, 0.2) is 11.6 Å². The summed E-state index contributed by atoms with van der Waals surface area (Å²) in [5.74, 6) is -2.09. The molecule has 1 aliphatic heterocycles. The third-order valence-electron chi connectivity index (χ3n) is 6.69. The topological polar surface area (TPSA) is 167 Å². The predicted molar refractivity (Wildman–Crippen MR) is 151 cm³/mol. The Hall–Kier alpha value is -4.29. The van der Waals surface area contributed by atoms with Crippen LogP contribution in [0.1, 0.15) is 47.1 Å². The zero-order chi connectivity index (χ0) is 28.8. The number of oxime groups is 1. The van der Waals surface area contributed by atoms with Crippen molar-refractivity contribution in [2.24, 2.45) is 16.8 Å². The molecule has 1 aromatic heterocycles. The second-order valence-corrected chi connectivity index (χ2v) is 10.6. The fourth-order valence-corrected chi connectivity index (χ4v) is 5.36. The van der Waals surface area contributed by atoms with E-state index in [1.165, 1.54) is 11.3 Å². The maximum Gasteiger partial charge on any atom is 0.354 e. The van der Waals surface area contributed by atoms with Crippen LogP contribution in [-0.2, 0) is 14.3 Å². The van der Waals surface area contributed by atoms with Crippen LogP contribution in [0.5, 0.6) is 0 Å². The van der Waals surface area contributed by atoms with Gasteiger partial charge >= 0.3 is 5.97 Å². The fraction of sp³-hybridized carbons (Fsp3) is 0.321. The first-order chi connectivity index (χ1) is 19.2. The Morgan fingerprint density at radius 3 is 2.45 bits per heavy atom. The van der Waals surface area contributed by atoms with Crippen LogP contribution in [0.3, 0.4) is 0 Å². The summed E-state index contributed by atoms with van der Waals surface area (Å²) in [4.78, 5) is 43.8. The van der Waals surface area contributed by atoms with Crippen molar-refractivity contribution in [1.29, 1.82) is 0 Å². The number of piperidine rings is 1. The average Bonchev–Trinajstić information content (AvgIpc) is 3.41. The number of carbonyl (C=O) groups excluding carboxylic acids is 2. The summed E-state index contributed by atoms with van der Waals surface area (Å²) >= 11 is 1.41. The lowest BCUT2D eigenvalue weighted by Gasteiger charge is -2.34. The number of likely N-dealkylation sites (tertiary alicyclic amines) is 1. The summed E-state index contributed by atoms with van der Waals surface area (Å²) in [6, 6.07) is 13.9. The van der Waals surface area contributed by atoms with Crippen LogP contribution in [0.15, 0.2) is 60.3 Å². The number of amidine groups is 1. The average molecular weight is 566 g/mol. The first-order valence-electron chi connectivity index (χ1n) is 12.8. The van der Waals surface area contributed by atoms with Gasteiger partial charge in [-0.05, 0) is 25.0 Å². The van der Waals surface area contributed by atoms with Gasteiger partial charge in [-0.2, -0.15) is 0 Å². The third-order valence-corrected chi connectivity index (χ3v) is 7.78. The van der Waals surface area contributed by atoms with Gasteiger partial charge in [0, 0.05) is 36.6 Å². The fourth-order valence-electron chi connectivity index (χ4n) is 4.46. The van der Waals surface area contributed by atoms with Gasteiger partial charge in [0.1, 0.15) is 5.01 Å². The molecule has 0 bridgehead atoms. The van der Waals surface area contributed by atoms with E-state index >= 15 is 0 Å². The molecule has 12 heteroatoms. The van der Waals surface area contributed by atoms with Crippen molar-refractivity contribution < 1.29 is 29.4 Å². The number of Topliss-reactive ketones (excluding diaryl/α,β-unsaturated/α-hetero) is 1. The second kappa shape index (κ2) is 12.7. The number of ketones is 1. The van der Waals surface area contributed by atoms with Crippen LogP contribution < -0.4 is 11.1 Å². The van der Waals surface area contributed by atoms with Gasteiger partial charge in [-0.1, -0.05) is 55.1 Å². The molecule has 1 fully saturated rings. The van der Waals surface area contributed by atoms with Gasteiger partial charge in [0.25, 0.3) is 0 Å². The molecule has 2 unspecified atom stereocenters. The minimum atomic E-state index is -1.31. The zero-order valence-electron chi connectivity index (χ0n) is 21.9. The van der Waals surface area contributed by atoms with Crippen molar-refractivity contribution in [3.8, 4) is 0 Å². The Morgan fingerprint density at radius 2 is 1.82 bits per heavy atom. The van der Waals surface area contributed by atoms with Crippen molar-refractivity contribution >= 4 is 50.7 Å². The number of aromatic nitrogens is 1. The minimum Gasteiger partial charge on any atom is -0.478 e. The molecule has 3 aromatic rings. The second-order valence-electron chi connectivity index (χ2n) is 9.58. The molecule has 2 heterocycles. The first-order valence-corrected chi connectivity index (χ1v) is 13.6. The molecule has 5 N–H and O–H groups in total. The monoisotopic (exact) mass is 565 g/mol. The molecule has 1 amide bonds. The molecule has 11 nitrogen and oxygen atoms in total. The number of nitrogens with two attached hydrogens (primary N) is 1. The number of thiazole rings is 1. The number of nitrogens with zero attached hydrogens (tertiary/aromatic N) is 3. The highest BCUT2D eigenvalue weighted by Crippen LogP contribution is 2.26. The number of hydrogen-bond donors (Lipinski definition) is 4. The third kappa shape index (κ3) is 6.82. The number of aliphatic carboxylic acids is 1. The summed E-state index contributed by atoms with van der Waals surface area (Å²) in [5.41, 5.74) is 7.63. The predicted octanol–water partition coefficient (Wildman–Crippen LogP) is 3.28. The normalized spacial score (nSPS) is 15.9. The summed E-state index contributed by atoms with van der Waals surface area (Å²) in [6.07, 6.45) is -0.724. The SMILES string of the molecule is C=C(NC(OC1CCN(C(=O)C(C)CC(=O)c2ccc(/C(N)=N/O)cc2)CC1)C(=O)O)c1nc2ccccc2s1. The molecule has 40 heavy (non-hydrogen) atoms. The van der Waals surface area contributed by atoms with E-state index in [0.717, 1.165) is 10.2 Å². The number of benzene rings is 2. The van der Waals surface area contributed by atoms with E-state index in [1.54, 1.807) is 36.1 Å². The van der Waals surface area contributed by atoms with Gasteiger partial charge in [0.05, 0.1) is 22.0 Å². The highest BCUT2D eigenvalue weighted by atomic mass is 32.1. The maximum absolute atomic E-state index is 13.0. The van der Waals surface area contributed by atoms with Crippen molar-refractivity contribution in [2.75, 3.05) is 13.1 Å². The van der Waals surface area contributed by atoms with Gasteiger partial charge in [-0.25, -0.2) is 9.78 Å². The van der Waals surface area contributed by atoms with Crippen LogP contribution in [-0.4, -0.2) is 69.1 Å². The number of carboxylic acids is 1. The lowest BCUT2D eigenvalue weighted by molar-refractivity contribution is -0.159. The lowest BCUT2D eigenvalue weighted by Crippen LogP contribution is -2.47. The Labute approximate surface area is 234 Å². The highest BCUT2D eigenvalue weighted by Gasteiger charge is 2.31. The van der Waals surface area contributed by atoms with Crippen LogP contribution >= 0.6 is 11.3 Å². The molecular weight excluding hydrogens is 534 g/mol. The van der Waals surface area contributed by atoms with Crippen molar-refractivity contribution in [2.45, 2.75) is 38.5 Å². The Bertz CT molecular complexity index is 1400. The van der Waals surface area contributed by atoms with Crippen molar-refractivity contribution in [3.63, 3.8) is 0 Å². The first kappa shape index (κ1) is 28.7. The van der Waals surface area contributed by atoms with E-state index in [9.17, 15) is 19.5 Å². The molecule has 210 valence electrons. The summed E-state index contributed by atoms with van der Waals surface area (Å²) in [7, 11) is 0. The Kier molecular flexibility index (Phi) is 9.12. The molecule has 1 saturated heterocycles. The van der Waals surface area contributed by atoms with Crippen LogP contribution in [0.2, 0.25) is 0 Å². The molecule has 2 atom stereocenters. The molecule has 0 aliphatic carbocycles. The molecule has 2 aromatic carbocycles. The largest absolute Gasteiger partial charge is 0.478 e. The number of para-hydroxylation sites is 1. The molecular formula is C28H31N5O6S. The number of nitrogens with one attached hydrogen (secondary N) is 1. The summed E-state index contributed by atoms with van der Waals surface area (Å²) in [6.45, 7) is 6.44. The lowest BCUT2D eigenvalue weighted by atomic mass is 9.96. The van der Waals surface area contributed by atoms with Gasteiger partial charge in [-0.3, -0.25) is 9.59 Å². The molecule has 1 aliphatic rings. The number of ether oxygens (including phenoxy) is 1. The minimum absolute atomic E-state index is 0.0388. The number of rotatable bonds is 11. The molecule has 0 radical (unpaired) electrons. The van der Waals surface area contributed by atoms with E-state index in [1.807, 2.05) is 24.3 Å². The molecule has 4 rings (SSSR count). The Morgan fingerprint density at radius 1 is 1.18 bits per heavy atom. The molecule has 0 saturated carbocycles. The van der Waals surface area contributed by atoms with Gasteiger partial charge < -0.3 is 31.0 Å². The summed E-state index contributed by atoms with van der Waals surface area (Å²) in [5, 5.41) is 24.8. The smallest absolute Gasteiger partial charge is 0.354 e. The van der Waals surface area contributed by atoms with E-state index in [-0.39, 0.29) is 30.1 Å². The standard InChI is InChI=1S/C28H31N5O6S/c1-16(15-22(34)18-7-9-19(10-8-18)24(29)32-38)27(35)33-13-11-20(12-14-33)39-25(28(36)37)30-17(2)26-31-21-5-3-4-6-23(21)40-26/h3-10,16,20,25,30,38H,2,11-15H2,1H3,(H2,29,32)(H,36,37). The Balaban J connectivity index is 1.27. The zero-order valence-corrected chi connectivity index (χ0v) is 22.8. The quantitative estimate of drug-likeness (QED) is 0.0681. The van der Waals surface area contributed by atoms with E-state index < -0.39 is 18.1 Å². The highest BCUT2D eigenvalue weighted by molar-refractivity contribution is 7.19. The maximum atomic E-state index is 13.0. The van der Waals surface area contributed by atoms with Gasteiger partial charge in [0.2, 0.25) is 12.1 Å². The molecule has 0 spiro atoms.